The minimum absolute atomic E-state index is 0.00875. The molecule has 6 heteroatoms. The number of piperazine rings is 1. The van der Waals surface area contributed by atoms with Crippen LogP contribution in [0.15, 0.2) is 48.5 Å². The Morgan fingerprint density at radius 1 is 0.839 bits per heavy atom. The number of para-hydroxylation sites is 2. The number of hydrogen-bond donors (Lipinski definition) is 0. The van der Waals surface area contributed by atoms with Crippen molar-refractivity contribution in [2.45, 2.75) is 33.1 Å². The molecule has 2 amide bonds. The van der Waals surface area contributed by atoms with Crippen LogP contribution in [0.4, 0.5) is 0 Å². The Hall–Kier alpha value is -3.02. The van der Waals surface area contributed by atoms with Gasteiger partial charge >= 0.3 is 0 Å². The third kappa shape index (κ3) is 5.78. The van der Waals surface area contributed by atoms with Crippen molar-refractivity contribution >= 4 is 11.8 Å². The topological polar surface area (TPSA) is 59.1 Å². The number of carbonyl (C=O) groups excluding carboxylic acids is 2. The van der Waals surface area contributed by atoms with E-state index in [1.54, 1.807) is 15.9 Å². The summed E-state index contributed by atoms with van der Waals surface area (Å²) in [6, 6.07) is 15.2. The van der Waals surface area contributed by atoms with Gasteiger partial charge in [0.2, 0.25) is 0 Å². The standard InChI is InChI=1S/C25H32N2O4/c1-5-30-21-8-6-7-9-22(21)31-18-23(28)26-14-16-27(17-15-26)24(29)19-10-12-20(13-11-19)25(2,3)4/h6-13H,5,14-18H2,1-4H3. The van der Waals surface area contributed by atoms with Crippen LogP contribution in [-0.4, -0.2) is 61.0 Å². The smallest absolute Gasteiger partial charge is 0.260 e. The minimum Gasteiger partial charge on any atom is -0.490 e. The first-order valence-electron chi connectivity index (χ1n) is 10.8. The van der Waals surface area contributed by atoms with Crippen molar-refractivity contribution in [3.63, 3.8) is 0 Å². The molecule has 0 saturated carbocycles. The molecule has 0 N–H and O–H groups in total. The van der Waals surface area contributed by atoms with Crippen LogP contribution in [0.3, 0.4) is 0 Å². The van der Waals surface area contributed by atoms with E-state index < -0.39 is 0 Å². The Kier molecular flexibility index (Phi) is 7.21. The van der Waals surface area contributed by atoms with Gasteiger partial charge in [-0.3, -0.25) is 9.59 Å². The molecule has 1 aliphatic heterocycles. The van der Waals surface area contributed by atoms with E-state index in [-0.39, 0.29) is 23.8 Å². The molecule has 0 atom stereocenters. The molecule has 0 aliphatic carbocycles. The highest BCUT2D eigenvalue weighted by molar-refractivity contribution is 5.94. The maximum Gasteiger partial charge on any atom is 0.260 e. The van der Waals surface area contributed by atoms with Crippen LogP contribution in [0, 0.1) is 0 Å². The van der Waals surface area contributed by atoms with Crippen LogP contribution in [0.5, 0.6) is 11.5 Å². The average molecular weight is 425 g/mol. The Labute approximate surface area is 184 Å². The van der Waals surface area contributed by atoms with Crippen LogP contribution in [0.25, 0.3) is 0 Å². The predicted octanol–water partition coefficient (Wildman–Crippen LogP) is 3.75. The highest BCUT2D eigenvalue weighted by Crippen LogP contribution is 2.26. The van der Waals surface area contributed by atoms with Crippen molar-refractivity contribution in [3.8, 4) is 11.5 Å². The third-order valence-electron chi connectivity index (χ3n) is 5.42. The quantitative estimate of drug-likeness (QED) is 0.709. The summed E-state index contributed by atoms with van der Waals surface area (Å²) in [5, 5.41) is 0. The highest BCUT2D eigenvalue weighted by atomic mass is 16.5. The second kappa shape index (κ2) is 9.86. The number of benzene rings is 2. The lowest BCUT2D eigenvalue weighted by Crippen LogP contribution is -2.51. The summed E-state index contributed by atoms with van der Waals surface area (Å²) in [7, 11) is 0. The predicted molar refractivity (Wildman–Crippen MR) is 121 cm³/mol. The van der Waals surface area contributed by atoms with Crippen LogP contribution in [0.2, 0.25) is 0 Å². The first-order valence-corrected chi connectivity index (χ1v) is 10.8. The Morgan fingerprint density at radius 2 is 1.39 bits per heavy atom. The van der Waals surface area contributed by atoms with Crippen molar-refractivity contribution < 1.29 is 19.1 Å². The summed E-state index contributed by atoms with van der Waals surface area (Å²) in [4.78, 5) is 29.0. The fraction of sp³-hybridized carbons (Fsp3) is 0.440. The van der Waals surface area contributed by atoms with E-state index in [1.807, 2.05) is 49.4 Å². The fourth-order valence-corrected chi connectivity index (χ4v) is 3.53. The van der Waals surface area contributed by atoms with E-state index in [4.69, 9.17) is 9.47 Å². The van der Waals surface area contributed by atoms with Gasteiger partial charge in [0, 0.05) is 31.7 Å². The average Bonchev–Trinajstić information content (AvgIpc) is 2.77. The summed E-state index contributed by atoms with van der Waals surface area (Å²) in [5.74, 6) is 1.11. The summed E-state index contributed by atoms with van der Waals surface area (Å²) in [6.07, 6.45) is 0. The molecule has 2 aromatic rings. The molecule has 1 saturated heterocycles. The van der Waals surface area contributed by atoms with Gasteiger partial charge in [-0.1, -0.05) is 45.0 Å². The number of rotatable bonds is 6. The number of nitrogens with zero attached hydrogens (tertiary/aromatic N) is 2. The maximum atomic E-state index is 12.8. The molecule has 31 heavy (non-hydrogen) atoms. The number of ether oxygens (including phenoxy) is 2. The second-order valence-corrected chi connectivity index (χ2v) is 8.67. The van der Waals surface area contributed by atoms with Gasteiger partial charge in [0.25, 0.3) is 11.8 Å². The second-order valence-electron chi connectivity index (χ2n) is 8.67. The summed E-state index contributed by atoms with van der Waals surface area (Å²) in [6.45, 7) is 10.9. The van der Waals surface area contributed by atoms with Crippen LogP contribution >= 0.6 is 0 Å². The normalized spacial score (nSPS) is 14.3. The monoisotopic (exact) mass is 424 g/mol. The molecule has 0 unspecified atom stereocenters. The molecule has 0 aromatic heterocycles. The molecule has 1 fully saturated rings. The molecular formula is C25H32N2O4. The molecule has 0 radical (unpaired) electrons. The lowest BCUT2D eigenvalue weighted by molar-refractivity contribution is -0.134. The molecule has 6 nitrogen and oxygen atoms in total. The van der Waals surface area contributed by atoms with E-state index >= 15 is 0 Å². The van der Waals surface area contributed by atoms with E-state index in [1.165, 1.54) is 5.56 Å². The Morgan fingerprint density at radius 3 is 1.94 bits per heavy atom. The molecular weight excluding hydrogens is 392 g/mol. The van der Waals surface area contributed by atoms with E-state index in [0.29, 0.717) is 49.8 Å². The first kappa shape index (κ1) is 22.7. The zero-order valence-electron chi connectivity index (χ0n) is 18.9. The fourth-order valence-electron chi connectivity index (χ4n) is 3.53. The van der Waals surface area contributed by atoms with Crippen molar-refractivity contribution in [1.29, 1.82) is 0 Å². The summed E-state index contributed by atoms with van der Waals surface area (Å²) < 4.78 is 11.2. The van der Waals surface area contributed by atoms with Gasteiger partial charge in [0.05, 0.1) is 6.61 Å². The van der Waals surface area contributed by atoms with Gasteiger partial charge in [0.15, 0.2) is 18.1 Å². The van der Waals surface area contributed by atoms with Crippen molar-refractivity contribution in [2.75, 3.05) is 39.4 Å². The van der Waals surface area contributed by atoms with E-state index in [0.717, 1.165) is 0 Å². The zero-order valence-corrected chi connectivity index (χ0v) is 18.9. The molecule has 3 rings (SSSR count). The molecule has 2 aromatic carbocycles. The SMILES string of the molecule is CCOc1ccccc1OCC(=O)N1CCN(C(=O)c2ccc(C(C)(C)C)cc2)CC1. The summed E-state index contributed by atoms with van der Waals surface area (Å²) >= 11 is 0. The van der Waals surface area contributed by atoms with Gasteiger partial charge in [-0.15, -0.1) is 0 Å². The molecule has 1 aliphatic rings. The van der Waals surface area contributed by atoms with Gasteiger partial charge in [-0.05, 0) is 42.2 Å². The zero-order chi connectivity index (χ0) is 22.4. The largest absolute Gasteiger partial charge is 0.490 e. The number of carbonyl (C=O) groups is 2. The van der Waals surface area contributed by atoms with Gasteiger partial charge in [-0.25, -0.2) is 0 Å². The Bertz CT molecular complexity index is 894. The minimum atomic E-state index is -0.0899. The lowest BCUT2D eigenvalue weighted by Gasteiger charge is -2.34. The van der Waals surface area contributed by atoms with Gasteiger partial charge in [0.1, 0.15) is 0 Å². The van der Waals surface area contributed by atoms with Crippen molar-refractivity contribution in [1.82, 2.24) is 9.80 Å². The maximum absolute atomic E-state index is 12.8. The molecule has 1 heterocycles. The first-order chi connectivity index (χ1) is 14.8. The molecule has 166 valence electrons. The van der Waals surface area contributed by atoms with Gasteiger partial charge in [-0.2, -0.15) is 0 Å². The molecule has 0 bridgehead atoms. The van der Waals surface area contributed by atoms with E-state index in [9.17, 15) is 9.59 Å². The van der Waals surface area contributed by atoms with Crippen LogP contribution < -0.4 is 9.47 Å². The third-order valence-corrected chi connectivity index (χ3v) is 5.42. The van der Waals surface area contributed by atoms with E-state index in [2.05, 4.69) is 20.8 Å². The van der Waals surface area contributed by atoms with Crippen molar-refractivity contribution in [2.24, 2.45) is 0 Å². The highest BCUT2D eigenvalue weighted by Gasteiger charge is 2.25. The Balaban J connectivity index is 1.51. The van der Waals surface area contributed by atoms with Crippen LogP contribution in [0.1, 0.15) is 43.6 Å². The number of hydrogen-bond acceptors (Lipinski definition) is 4. The van der Waals surface area contributed by atoms with Crippen molar-refractivity contribution in [3.05, 3.63) is 59.7 Å². The van der Waals surface area contributed by atoms with Gasteiger partial charge < -0.3 is 19.3 Å². The van der Waals surface area contributed by atoms with Crippen LogP contribution in [-0.2, 0) is 10.2 Å². The molecule has 0 spiro atoms. The lowest BCUT2D eigenvalue weighted by atomic mass is 9.86. The number of amides is 2. The summed E-state index contributed by atoms with van der Waals surface area (Å²) in [5.41, 5.74) is 1.94.